The molecule has 1 aliphatic heterocycles. The molecule has 3 rings (SSSR count). The third-order valence-corrected chi connectivity index (χ3v) is 4.32. The van der Waals surface area contributed by atoms with Crippen molar-refractivity contribution < 1.29 is 27.8 Å². The van der Waals surface area contributed by atoms with Gasteiger partial charge in [-0.2, -0.15) is 0 Å². The second-order valence-corrected chi connectivity index (χ2v) is 6.31. The zero-order valence-corrected chi connectivity index (χ0v) is 15.3. The number of halogens is 2. The van der Waals surface area contributed by atoms with Crippen LogP contribution in [0.2, 0.25) is 0 Å². The smallest absolute Gasteiger partial charge is 0.341 e. The molecule has 2 aromatic carbocycles. The van der Waals surface area contributed by atoms with Crippen LogP contribution in [0.15, 0.2) is 42.5 Å². The van der Waals surface area contributed by atoms with Gasteiger partial charge < -0.3 is 19.7 Å². The summed E-state index contributed by atoms with van der Waals surface area (Å²) in [6.45, 7) is 4.33. The van der Waals surface area contributed by atoms with Gasteiger partial charge in [0, 0.05) is 30.5 Å². The van der Waals surface area contributed by atoms with Crippen molar-refractivity contribution in [2.75, 3.05) is 36.5 Å². The number of esters is 1. The first-order valence-corrected chi connectivity index (χ1v) is 8.83. The third-order valence-electron chi connectivity index (χ3n) is 4.32. The van der Waals surface area contributed by atoms with Crippen molar-refractivity contribution in [1.29, 1.82) is 0 Å². The molecule has 1 heterocycles. The number of carbonyl (C=O) groups is 2. The third kappa shape index (κ3) is 4.83. The van der Waals surface area contributed by atoms with E-state index in [1.807, 2.05) is 12.1 Å². The Hall–Kier alpha value is -3.00. The van der Waals surface area contributed by atoms with E-state index in [4.69, 9.17) is 9.47 Å². The average molecular weight is 390 g/mol. The highest BCUT2D eigenvalue weighted by Gasteiger charge is 2.21. The van der Waals surface area contributed by atoms with Crippen LogP contribution in [0.5, 0.6) is 0 Å². The van der Waals surface area contributed by atoms with Crippen LogP contribution in [-0.4, -0.2) is 44.3 Å². The average Bonchev–Trinajstić information content (AvgIpc) is 2.69. The Kier molecular flexibility index (Phi) is 6.20. The van der Waals surface area contributed by atoms with Crippen molar-refractivity contribution in [3.63, 3.8) is 0 Å². The molecule has 1 fully saturated rings. The molecule has 1 amide bonds. The minimum atomic E-state index is -1.16. The summed E-state index contributed by atoms with van der Waals surface area (Å²) in [6.07, 6.45) is -1.16. The second kappa shape index (κ2) is 8.79. The highest BCUT2D eigenvalue weighted by molar-refractivity contribution is 5.97. The highest BCUT2D eigenvalue weighted by atomic mass is 19.1. The summed E-state index contributed by atoms with van der Waals surface area (Å²) in [7, 11) is 0. The summed E-state index contributed by atoms with van der Waals surface area (Å²) in [5.74, 6) is -3.45. The lowest BCUT2D eigenvalue weighted by atomic mass is 10.2. The molecule has 1 saturated heterocycles. The number of carbonyl (C=O) groups excluding carboxylic acids is 2. The highest BCUT2D eigenvalue weighted by Crippen LogP contribution is 2.19. The van der Waals surface area contributed by atoms with Gasteiger partial charge >= 0.3 is 5.97 Å². The molecule has 6 nitrogen and oxygen atoms in total. The van der Waals surface area contributed by atoms with Gasteiger partial charge in [0.25, 0.3) is 5.91 Å². The number of ether oxygens (including phenoxy) is 2. The van der Waals surface area contributed by atoms with Gasteiger partial charge in [0.1, 0.15) is 11.6 Å². The number of nitrogens with one attached hydrogen (secondary N) is 1. The zero-order valence-electron chi connectivity index (χ0n) is 15.3. The van der Waals surface area contributed by atoms with Gasteiger partial charge in [-0.25, -0.2) is 13.6 Å². The molecule has 28 heavy (non-hydrogen) atoms. The van der Waals surface area contributed by atoms with E-state index < -0.39 is 35.2 Å². The molecule has 0 aliphatic carbocycles. The van der Waals surface area contributed by atoms with E-state index in [1.165, 1.54) is 6.92 Å². The Morgan fingerprint density at radius 2 is 1.79 bits per heavy atom. The lowest BCUT2D eigenvalue weighted by Crippen LogP contribution is -2.36. The Balaban J connectivity index is 1.56. The molecule has 0 bridgehead atoms. The molecular weight excluding hydrogens is 370 g/mol. The Bertz CT molecular complexity index is 852. The quantitative estimate of drug-likeness (QED) is 0.795. The normalized spacial score (nSPS) is 15.0. The van der Waals surface area contributed by atoms with Crippen molar-refractivity contribution in [3.8, 4) is 0 Å². The predicted octanol–water partition coefficient (Wildman–Crippen LogP) is 2.99. The molecule has 0 saturated carbocycles. The number of hydrogen-bond donors (Lipinski definition) is 1. The summed E-state index contributed by atoms with van der Waals surface area (Å²) < 4.78 is 36.9. The van der Waals surface area contributed by atoms with E-state index in [0.29, 0.717) is 25.0 Å². The van der Waals surface area contributed by atoms with E-state index in [2.05, 4.69) is 10.2 Å². The van der Waals surface area contributed by atoms with Crippen molar-refractivity contribution in [2.45, 2.75) is 13.0 Å². The maximum atomic E-state index is 13.6. The SMILES string of the molecule is C[C@@H](OC(=O)c1ccc(F)cc1F)C(=O)Nc1ccc(N2CCOCC2)cc1. The summed E-state index contributed by atoms with van der Waals surface area (Å²) in [4.78, 5) is 26.4. The van der Waals surface area contributed by atoms with Gasteiger partial charge in [-0.05, 0) is 43.3 Å². The maximum absolute atomic E-state index is 13.6. The summed E-state index contributed by atoms with van der Waals surface area (Å²) >= 11 is 0. The van der Waals surface area contributed by atoms with Crippen LogP contribution in [-0.2, 0) is 14.3 Å². The van der Waals surface area contributed by atoms with Gasteiger partial charge in [-0.15, -0.1) is 0 Å². The number of benzene rings is 2. The van der Waals surface area contributed by atoms with Gasteiger partial charge in [0.15, 0.2) is 6.10 Å². The van der Waals surface area contributed by atoms with Crippen LogP contribution in [0, 0.1) is 11.6 Å². The van der Waals surface area contributed by atoms with E-state index in [1.54, 1.807) is 12.1 Å². The van der Waals surface area contributed by atoms with E-state index >= 15 is 0 Å². The minimum Gasteiger partial charge on any atom is -0.449 e. The fourth-order valence-corrected chi connectivity index (χ4v) is 2.75. The number of amides is 1. The first-order valence-electron chi connectivity index (χ1n) is 8.83. The standard InChI is InChI=1S/C20H20F2N2O4/c1-13(28-20(26)17-7-2-14(21)12-18(17)22)19(25)23-15-3-5-16(6-4-15)24-8-10-27-11-9-24/h2-7,12-13H,8-11H2,1H3,(H,23,25)/t13-/m1/s1. The minimum absolute atomic E-state index is 0.434. The summed E-state index contributed by atoms with van der Waals surface area (Å²) in [6, 6.07) is 9.75. The first-order chi connectivity index (χ1) is 13.4. The fraction of sp³-hybridized carbons (Fsp3) is 0.300. The second-order valence-electron chi connectivity index (χ2n) is 6.31. The van der Waals surface area contributed by atoms with Gasteiger partial charge in [-0.1, -0.05) is 0 Å². The maximum Gasteiger partial charge on any atom is 0.341 e. The summed E-state index contributed by atoms with van der Waals surface area (Å²) in [5, 5.41) is 2.64. The Labute approximate surface area is 161 Å². The number of anilines is 2. The van der Waals surface area contributed by atoms with Crippen LogP contribution in [0.1, 0.15) is 17.3 Å². The first kappa shape index (κ1) is 19.8. The summed E-state index contributed by atoms with van der Waals surface area (Å²) in [5.41, 5.74) is 1.13. The van der Waals surface area contributed by atoms with E-state index in [0.717, 1.165) is 30.9 Å². The molecule has 0 spiro atoms. The topological polar surface area (TPSA) is 67.9 Å². The monoisotopic (exact) mass is 390 g/mol. The molecule has 1 atom stereocenters. The van der Waals surface area contributed by atoms with Gasteiger partial charge in [0.05, 0.1) is 18.8 Å². The van der Waals surface area contributed by atoms with Crippen LogP contribution in [0.3, 0.4) is 0 Å². The number of hydrogen-bond acceptors (Lipinski definition) is 5. The van der Waals surface area contributed by atoms with Gasteiger partial charge in [-0.3, -0.25) is 4.79 Å². The molecule has 1 N–H and O–H groups in total. The number of rotatable bonds is 5. The molecule has 8 heteroatoms. The number of nitrogens with zero attached hydrogens (tertiary/aromatic N) is 1. The predicted molar refractivity (Wildman–Crippen MR) is 99.3 cm³/mol. The van der Waals surface area contributed by atoms with E-state index in [-0.39, 0.29) is 0 Å². The van der Waals surface area contributed by atoms with Crippen LogP contribution < -0.4 is 10.2 Å². The van der Waals surface area contributed by atoms with Gasteiger partial charge in [0.2, 0.25) is 0 Å². The molecule has 148 valence electrons. The Morgan fingerprint density at radius 1 is 1.11 bits per heavy atom. The van der Waals surface area contributed by atoms with E-state index in [9.17, 15) is 18.4 Å². The lowest BCUT2D eigenvalue weighted by Gasteiger charge is -2.28. The van der Waals surface area contributed by atoms with Crippen molar-refractivity contribution in [1.82, 2.24) is 0 Å². The van der Waals surface area contributed by atoms with Crippen molar-refractivity contribution in [3.05, 3.63) is 59.7 Å². The molecular formula is C20H20F2N2O4. The van der Waals surface area contributed by atoms with Crippen molar-refractivity contribution in [2.24, 2.45) is 0 Å². The lowest BCUT2D eigenvalue weighted by molar-refractivity contribution is -0.123. The molecule has 1 aliphatic rings. The van der Waals surface area contributed by atoms with Crippen LogP contribution >= 0.6 is 0 Å². The zero-order chi connectivity index (χ0) is 20.1. The van der Waals surface area contributed by atoms with Crippen LogP contribution in [0.25, 0.3) is 0 Å². The van der Waals surface area contributed by atoms with Crippen LogP contribution in [0.4, 0.5) is 20.2 Å². The largest absolute Gasteiger partial charge is 0.449 e. The molecule has 0 unspecified atom stereocenters. The molecule has 0 radical (unpaired) electrons. The molecule has 0 aromatic heterocycles. The Morgan fingerprint density at radius 3 is 2.43 bits per heavy atom. The number of morpholine rings is 1. The molecule has 2 aromatic rings. The fourth-order valence-electron chi connectivity index (χ4n) is 2.75. The van der Waals surface area contributed by atoms with Crippen molar-refractivity contribution >= 4 is 23.3 Å².